The van der Waals surface area contributed by atoms with Crippen molar-refractivity contribution in [2.45, 2.75) is 25.3 Å². The minimum Gasteiger partial charge on any atom is -0.367 e. The average molecular weight is 446 g/mol. The molecule has 1 aliphatic rings. The zero-order valence-electron chi connectivity index (χ0n) is 18.3. The van der Waals surface area contributed by atoms with Crippen molar-refractivity contribution in [1.82, 2.24) is 29.9 Å². The van der Waals surface area contributed by atoms with Crippen LogP contribution >= 0.6 is 0 Å². The molecule has 9 heteroatoms. The van der Waals surface area contributed by atoms with E-state index >= 15 is 0 Å². The van der Waals surface area contributed by atoms with E-state index in [0.29, 0.717) is 24.3 Å². The lowest BCUT2D eigenvalue weighted by molar-refractivity contribution is 0.0622. The second-order valence-corrected chi connectivity index (χ2v) is 8.17. The Morgan fingerprint density at radius 2 is 2.00 bits per heavy atom. The Balaban J connectivity index is 1.40. The van der Waals surface area contributed by atoms with Gasteiger partial charge in [0, 0.05) is 37.1 Å². The summed E-state index contributed by atoms with van der Waals surface area (Å²) in [4.78, 5) is 25.5. The molecule has 1 amide bonds. The number of para-hydroxylation sites is 1. The summed E-state index contributed by atoms with van der Waals surface area (Å²) in [6.07, 6.45) is 4.38. The van der Waals surface area contributed by atoms with Crippen molar-refractivity contribution in [3.63, 3.8) is 0 Å². The van der Waals surface area contributed by atoms with E-state index in [1.165, 1.54) is 16.9 Å². The minimum absolute atomic E-state index is 0.0256. The fraction of sp³-hybridized carbons (Fsp3) is 0.292. The van der Waals surface area contributed by atoms with E-state index in [1.54, 1.807) is 25.5 Å². The molecule has 2 aromatic carbocycles. The molecule has 1 fully saturated rings. The molecule has 0 radical (unpaired) electrons. The van der Waals surface area contributed by atoms with E-state index in [2.05, 4.69) is 25.5 Å². The van der Waals surface area contributed by atoms with Crippen molar-refractivity contribution in [3.05, 3.63) is 66.4 Å². The highest BCUT2D eigenvalue weighted by molar-refractivity contribution is 5.98. The Morgan fingerprint density at radius 1 is 1.12 bits per heavy atom. The first-order valence-electron chi connectivity index (χ1n) is 11.0. The summed E-state index contributed by atoms with van der Waals surface area (Å²) in [5, 5.41) is 13.0. The molecule has 0 aliphatic carbocycles. The van der Waals surface area contributed by atoms with Crippen molar-refractivity contribution in [3.8, 4) is 11.3 Å². The molecule has 33 heavy (non-hydrogen) atoms. The zero-order chi connectivity index (χ0) is 22.8. The fourth-order valence-corrected chi connectivity index (χ4v) is 4.36. The summed E-state index contributed by atoms with van der Waals surface area (Å²) >= 11 is 0. The smallest absolute Gasteiger partial charge is 0.277 e. The largest absolute Gasteiger partial charge is 0.367 e. The topological polar surface area (TPSA) is 88.8 Å². The molecule has 2 aromatic heterocycles. The van der Waals surface area contributed by atoms with Crippen LogP contribution in [0, 0.1) is 5.82 Å². The first-order valence-corrected chi connectivity index (χ1v) is 11.0. The number of likely N-dealkylation sites (tertiary alicyclic amines) is 1. The molecule has 4 aromatic rings. The van der Waals surface area contributed by atoms with Gasteiger partial charge in [0.05, 0.1) is 5.52 Å². The van der Waals surface area contributed by atoms with Gasteiger partial charge in [-0.2, -0.15) is 9.90 Å². The van der Waals surface area contributed by atoms with E-state index in [-0.39, 0.29) is 23.5 Å². The Hall–Kier alpha value is -3.88. The summed E-state index contributed by atoms with van der Waals surface area (Å²) in [6.45, 7) is 1.19. The van der Waals surface area contributed by atoms with Gasteiger partial charge in [0.1, 0.15) is 23.7 Å². The summed E-state index contributed by atoms with van der Waals surface area (Å²) in [7, 11) is 1.66. The standard InChI is InChI=1S/C24H24FN7O/c1-31-29-21(16-7-6-8-17(25)13-16)22(30-31)24(33)32-12-5-4-9-18(32)14-26-23-19-10-2-3-11-20(19)27-15-28-23/h2-3,6-8,10-11,13,15,18H,4-5,9,12,14H2,1H3,(H,26,27,28)/t18-/m0/s1. The summed E-state index contributed by atoms with van der Waals surface area (Å²) < 4.78 is 13.8. The highest BCUT2D eigenvalue weighted by atomic mass is 19.1. The van der Waals surface area contributed by atoms with E-state index in [9.17, 15) is 9.18 Å². The quantitative estimate of drug-likeness (QED) is 0.504. The number of aromatic nitrogens is 5. The van der Waals surface area contributed by atoms with Gasteiger partial charge < -0.3 is 10.2 Å². The van der Waals surface area contributed by atoms with Crippen molar-refractivity contribution >= 4 is 22.6 Å². The van der Waals surface area contributed by atoms with Crippen molar-refractivity contribution < 1.29 is 9.18 Å². The van der Waals surface area contributed by atoms with Crippen molar-refractivity contribution in [1.29, 1.82) is 0 Å². The lowest BCUT2D eigenvalue weighted by Gasteiger charge is -2.35. The highest BCUT2D eigenvalue weighted by Crippen LogP contribution is 2.26. The molecule has 0 unspecified atom stereocenters. The van der Waals surface area contributed by atoms with Crippen molar-refractivity contribution in [2.75, 3.05) is 18.4 Å². The number of nitrogens with one attached hydrogen (secondary N) is 1. The van der Waals surface area contributed by atoms with Gasteiger partial charge in [-0.3, -0.25) is 4.79 Å². The Labute approximate surface area is 190 Å². The fourth-order valence-electron chi connectivity index (χ4n) is 4.36. The Morgan fingerprint density at radius 3 is 2.88 bits per heavy atom. The van der Waals surface area contributed by atoms with Crippen molar-refractivity contribution in [2.24, 2.45) is 7.05 Å². The third kappa shape index (κ3) is 4.26. The van der Waals surface area contributed by atoms with Gasteiger partial charge in [-0.1, -0.05) is 24.3 Å². The number of halogens is 1. The van der Waals surface area contributed by atoms with Gasteiger partial charge in [-0.25, -0.2) is 14.4 Å². The Kier molecular flexibility index (Phi) is 5.68. The number of anilines is 1. The number of nitrogens with zero attached hydrogens (tertiary/aromatic N) is 6. The van der Waals surface area contributed by atoms with E-state index in [1.807, 2.05) is 29.2 Å². The molecular weight excluding hydrogens is 421 g/mol. The predicted octanol–water partition coefficient (Wildman–Crippen LogP) is 3.67. The van der Waals surface area contributed by atoms with Crippen LogP contribution in [0.15, 0.2) is 54.9 Å². The van der Waals surface area contributed by atoms with Gasteiger partial charge in [0.25, 0.3) is 5.91 Å². The van der Waals surface area contributed by atoms with Gasteiger partial charge in [0.15, 0.2) is 5.69 Å². The third-order valence-corrected chi connectivity index (χ3v) is 5.95. The molecule has 3 heterocycles. The maximum absolute atomic E-state index is 13.8. The molecule has 0 saturated carbocycles. The number of rotatable bonds is 5. The van der Waals surface area contributed by atoms with Gasteiger partial charge >= 0.3 is 0 Å². The molecular formula is C24H24FN7O. The van der Waals surface area contributed by atoms with Crippen LogP contribution < -0.4 is 5.32 Å². The number of hydrogen-bond donors (Lipinski definition) is 1. The highest BCUT2D eigenvalue weighted by Gasteiger charge is 2.31. The number of aryl methyl sites for hydroxylation is 1. The van der Waals surface area contributed by atoms with Crippen LogP contribution in [0.3, 0.4) is 0 Å². The van der Waals surface area contributed by atoms with Crippen LogP contribution in [0.1, 0.15) is 29.8 Å². The van der Waals surface area contributed by atoms with E-state index < -0.39 is 0 Å². The monoisotopic (exact) mass is 445 g/mol. The Bertz CT molecular complexity index is 1300. The number of hydrogen-bond acceptors (Lipinski definition) is 6. The molecule has 0 spiro atoms. The SMILES string of the molecule is Cn1nc(C(=O)N2CCCC[C@H]2CNc2ncnc3ccccc23)c(-c2cccc(F)c2)n1. The van der Waals surface area contributed by atoms with Crippen LogP contribution in [-0.4, -0.2) is 54.9 Å². The van der Waals surface area contributed by atoms with Crippen LogP contribution in [0.2, 0.25) is 0 Å². The van der Waals surface area contributed by atoms with Gasteiger partial charge in [-0.15, -0.1) is 5.10 Å². The van der Waals surface area contributed by atoms with Gasteiger partial charge in [0.2, 0.25) is 0 Å². The zero-order valence-corrected chi connectivity index (χ0v) is 18.3. The van der Waals surface area contributed by atoms with E-state index in [0.717, 1.165) is 36.0 Å². The lowest BCUT2D eigenvalue weighted by atomic mass is 10.0. The number of carbonyl (C=O) groups is 1. The molecule has 0 bridgehead atoms. The molecule has 168 valence electrons. The molecule has 1 aliphatic heterocycles. The number of carbonyl (C=O) groups excluding carboxylic acids is 1. The van der Waals surface area contributed by atoms with Gasteiger partial charge in [-0.05, 0) is 43.5 Å². The van der Waals surface area contributed by atoms with Crippen LogP contribution in [0.4, 0.5) is 10.2 Å². The average Bonchev–Trinajstić information content (AvgIpc) is 3.24. The van der Waals surface area contributed by atoms with Crippen LogP contribution in [0.25, 0.3) is 22.2 Å². The second-order valence-electron chi connectivity index (χ2n) is 8.17. The third-order valence-electron chi connectivity index (χ3n) is 5.95. The van der Waals surface area contributed by atoms with Crippen LogP contribution in [-0.2, 0) is 7.05 Å². The maximum Gasteiger partial charge on any atom is 0.277 e. The predicted molar refractivity (Wildman–Crippen MR) is 123 cm³/mol. The molecule has 8 nitrogen and oxygen atoms in total. The molecule has 1 saturated heterocycles. The number of piperidine rings is 1. The normalized spacial score (nSPS) is 16.2. The minimum atomic E-state index is -0.381. The first kappa shape index (κ1) is 21.0. The summed E-state index contributed by atoms with van der Waals surface area (Å²) in [5.41, 5.74) is 2.03. The number of fused-ring (bicyclic) bond motifs is 1. The van der Waals surface area contributed by atoms with Crippen LogP contribution in [0.5, 0.6) is 0 Å². The number of benzene rings is 2. The molecule has 1 N–H and O–H groups in total. The lowest BCUT2D eigenvalue weighted by Crippen LogP contribution is -2.47. The van der Waals surface area contributed by atoms with E-state index in [4.69, 9.17) is 0 Å². The second kappa shape index (κ2) is 8.93. The summed E-state index contributed by atoms with van der Waals surface area (Å²) in [6, 6.07) is 13.9. The number of amides is 1. The maximum atomic E-state index is 13.8. The first-order chi connectivity index (χ1) is 16.1. The molecule has 1 atom stereocenters. The summed E-state index contributed by atoms with van der Waals surface area (Å²) in [5.74, 6) is 0.175. The molecule has 5 rings (SSSR count).